The summed E-state index contributed by atoms with van der Waals surface area (Å²) in [4.78, 5) is 34.6. The predicted octanol–water partition coefficient (Wildman–Crippen LogP) is 0.813. The second-order valence-corrected chi connectivity index (χ2v) is 5.28. The lowest BCUT2D eigenvalue weighted by molar-refractivity contribution is -0.139. The first-order chi connectivity index (χ1) is 8.82. The van der Waals surface area contributed by atoms with Crippen LogP contribution in [0.1, 0.15) is 33.6 Å². The van der Waals surface area contributed by atoms with Crippen molar-refractivity contribution in [2.24, 2.45) is 5.73 Å². The lowest BCUT2D eigenvalue weighted by atomic mass is 10.1. The van der Waals surface area contributed by atoms with E-state index in [4.69, 9.17) is 10.8 Å². The van der Waals surface area contributed by atoms with Crippen molar-refractivity contribution in [1.82, 2.24) is 5.32 Å². The minimum absolute atomic E-state index is 0.0153. The third kappa shape index (κ3) is 4.06. The Balaban J connectivity index is 2.74. The van der Waals surface area contributed by atoms with Gasteiger partial charge in [0.2, 0.25) is 5.91 Å². The van der Waals surface area contributed by atoms with Crippen LogP contribution in [-0.2, 0) is 9.59 Å². The lowest BCUT2D eigenvalue weighted by Gasteiger charge is -2.13. The second-order valence-electron chi connectivity index (χ2n) is 4.20. The largest absolute Gasteiger partial charge is 0.480 e. The van der Waals surface area contributed by atoms with Crippen LogP contribution >= 0.6 is 11.3 Å². The molecule has 0 aliphatic heterocycles. The smallest absolute Gasteiger partial charge is 0.326 e. The Hall–Kier alpha value is -1.89. The number of carboxylic acid groups (broad SMARTS) is 1. The fourth-order valence-corrected chi connectivity index (χ4v) is 2.38. The van der Waals surface area contributed by atoms with E-state index in [9.17, 15) is 14.4 Å². The molecule has 7 heteroatoms. The number of nitrogens with two attached hydrogens (primary N) is 1. The molecule has 0 radical (unpaired) electrons. The number of amides is 2. The quantitative estimate of drug-likeness (QED) is 0.718. The molecule has 0 saturated heterocycles. The molecule has 0 aliphatic carbocycles. The number of nitrogens with one attached hydrogen (secondary N) is 1. The summed E-state index contributed by atoms with van der Waals surface area (Å²) >= 11 is 1.43. The molecule has 104 valence electrons. The SMILES string of the molecule is Cc1scc(C(=O)NC(CCC(N)=O)C(=O)O)c1C. The monoisotopic (exact) mass is 284 g/mol. The van der Waals surface area contributed by atoms with E-state index in [0.29, 0.717) is 5.56 Å². The fourth-order valence-electron chi connectivity index (χ4n) is 1.52. The summed E-state index contributed by atoms with van der Waals surface area (Å²) in [6.07, 6.45) is -0.0997. The van der Waals surface area contributed by atoms with Crippen LogP contribution in [0.2, 0.25) is 0 Å². The molecule has 0 spiro atoms. The molecule has 1 rings (SSSR count). The fraction of sp³-hybridized carbons (Fsp3) is 0.417. The van der Waals surface area contributed by atoms with Gasteiger partial charge in [0.25, 0.3) is 5.91 Å². The molecule has 19 heavy (non-hydrogen) atoms. The molecular formula is C12H16N2O4S. The van der Waals surface area contributed by atoms with Crippen molar-refractivity contribution in [3.8, 4) is 0 Å². The van der Waals surface area contributed by atoms with Gasteiger partial charge in [-0.1, -0.05) is 0 Å². The summed E-state index contributed by atoms with van der Waals surface area (Å²) in [5.74, 6) is -2.22. The summed E-state index contributed by atoms with van der Waals surface area (Å²) in [6, 6.07) is -1.11. The van der Waals surface area contributed by atoms with Crippen molar-refractivity contribution in [2.75, 3.05) is 0 Å². The van der Waals surface area contributed by atoms with Gasteiger partial charge in [-0.3, -0.25) is 9.59 Å². The van der Waals surface area contributed by atoms with Gasteiger partial charge in [-0.05, 0) is 25.8 Å². The number of thiophene rings is 1. The number of hydrogen-bond donors (Lipinski definition) is 3. The average molecular weight is 284 g/mol. The first-order valence-electron chi connectivity index (χ1n) is 5.69. The Labute approximate surface area is 114 Å². The zero-order valence-electron chi connectivity index (χ0n) is 10.7. The number of aliphatic carboxylic acids is 1. The molecule has 6 nitrogen and oxygen atoms in total. The third-order valence-electron chi connectivity index (χ3n) is 2.81. The maximum atomic E-state index is 12.0. The van der Waals surface area contributed by atoms with Crippen molar-refractivity contribution >= 4 is 29.1 Å². The van der Waals surface area contributed by atoms with Crippen LogP contribution in [0.25, 0.3) is 0 Å². The van der Waals surface area contributed by atoms with Gasteiger partial charge in [0, 0.05) is 16.7 Å². The van der Waals surface area contributed by atoms with Crippen LogP contribution in [0.5, 0.6) is 0 Å². The van der Waals surface area contributed by atoms with Crippen LogP contribution in [0, 0.1) is 13.8 Å². The van der Waals surface area contributed by atoms with Crippen molar-refractivity contribution in [3.63, 3.8) is 0 Å². The van der Waals surface area contributed by atoms with Crippen LogP contribution in [0.3, 0.4) is 0 Å². The number of carboxylic acids is 1. The zero-order chi connectivity index (χ0) is 14.6. The van der Waals surface area contributed by atoms with Gasteiger partial charge in [-0.2, -0.15) is 0 Å². The van der Waals surface area contributed by atoms with E-state index in [1.54, 1.807) is 12.3 Å². The number of carbonyl (C=O) groups excluding carboxylic acids is 2. The van der Waals surface area contributed by atoms with Gasteiger partial charge in [0.1, 0.15) is 6.04 Å². The normalized spacial score (nSPS) is 11.9. The summed E-state index contributed by atoms with van der Waals surface area (Å²) in [6.45, 7) is 3.69. The summed E-state index contributed by atoms with van der Waals surface area (Å²) < 4.78 is 0. The summed E-state index contributed by atoms with van der Waals surface area (Å²) in [5.41, 5.74) is 6.27. The first-order valence-corrected chi connectivity index (χ1v) is 6.57. The maximum absolute atomic E-state index is 12.0. The Bertz CT molecular complexity index is 510. The van der Waals surface area contributed by atoms with E-state index in [1.165, 1.54) is 11.3 Å². The highest BCUT2D eigenvalue weighted by Gasteiger charge is 2.22. The molecule has 1 heterocycles. The number of primary amides is 1. The van der Waals surface area contributed by atoms with Crippen molar-refractivity contribution < 1.29 is 19.5 Å². The Morgan fingerprint density at radius 2 is 2.05 bits per heavy atom. The molecule has 0 aliphatic rings. The highest BCUT2D eigenvalue weighted by molar-refractivity contribution is 7.10. The molecule has 0 aromatic carbocycles. The first kappa shape index (κ1) is 15.2. The molecule has 1 unspecified atom stereocenters. The molecule has 4 N–H and O–H groups in total. The molecule has 1 aromatic rings. The Kier molecular flexibility index (Phi) is 5.05. The predicted molar refractivity (Wildman–Crippen MR) is 71.1 cm³/mol. The van der Waals surface area contributed by atoms with E-state index in [2.05, 4.69) is 5.32 Å². The highest BCUT2D eigenvalue weighted by atomic mass is 32.1. The molecule has 2 amide bonds. The molecule has 1 aromatic heterocycles. The van der Waals surface area contributed by atoms with Crippen LogP contribution in [0.15, 0.2) is 5.38 Å². The van der Waals surface area contributed by atoms with E-state index < -0.39 is 23.8 Å². The molecule has 0 fully saturated rings. The zero-order valence-corrected chi connectivity index (χ0v) is 11.5. The van der Waals surface area contributed by atoms with E-state index in [1.807, 2.05) is 6.92 Å². The van der Waals surface area contributed by atoms with E-state index in [0.717, 1.165) is 10.4 Å². The number of rotatable bonds is 6. The number of aryl methyl sites for hydroxylation is 1. The summed E-state index contributed by atoms with van der Waals surface area (Å²) in [7, 11) is 0. The Morgan fingerprint density at radius 3 is 2.47 bits per heavy atom. The van der Waals surface area contributed by atoms with Crippen molar-refractivity contribution in [1.29, 1.82) is 0 Å². The minimum Gasteiger partial charge on any atom is -0.480 e. The topological polar surface area (TPSA) is 109 Å². The molecule has 1 atom stereocenters. The van der Waals surface area contributed by atoms with Gasteiger partial charge in [-0.25, -0.2) is 4.79 Å². The van der Waals surface area contributed by atoms with Gasteiger partial charge in [0.15, 0.2) is 0 Å². The number of carbonyl (C=O) groups is 3. The molecule has 0 bridgehead atoms. The van der Waals surface area contributed by atoms with E-state index in [-0.39, 0.29) is 12.8 Å². The van der Waals surface area contributed by atoms with Crippen molar-refractivity contribution in [2.45, 2.75) is 32.7 Å². The molecular weight excluding hydrogens is 268 g/mol. The Morgan fingerprint density at radius 1 is 1.42 bits per heavy atom. The number of hydrogen-bond acceptors (Lipinski definition) is 4. The molecule has 0 saturated carbocycles. The highest BCUT2D eigenvalue weighted by Crippen LogP contribution is 2.20. The van der Waals surface area contributed by atoms with E-state index >= 15 is 0 Å². The van der Waals surface area contributed by atoms with Crippen LogP contribution in [0.4, 0.5) is 0 Å². The van der Waals surface area contributed by atoms with Gasteiger partial charge in [-0.15, -0.1) is 11.3 Å². The average Bonchev–Trinajstić information content (AvgIpc) is 2.64. The summed E-state index contributed by atoms with van der Waals surface area (Å²) in [5, 5.41) is 13.1. The standard InChI is InChI=1S/C12H16N2O4S/c1-6-7(2)19-5-8(6)11(16)14-9(12(17)18)3-4-10(13)15/h5,9H,3-4H2,1-2H3,(H2,13,15)(H,14,16)(H,17,18). The van der Waals surface area contributed by atoms with Gasteiger partial charge in [0.05, 0.1) is 5.56 Å². The lowest BCUT2D eigenvalue weighted by Crippen LogP contribution is -2.41. The van der Waals surface area contributed by atoms with Crippen LogP contribution in [-0.4, -0.2) is 28.9 Å². The van der Waals surface area contributed by atoms with Crippen molar-refractivity contribution in [3.05, 3.63) is 21.4 Å². The van der Waals surface area contributed by atoms with Crippen LogP contribution < -0.4 is 11.1 Å². The van der Waals surface area contributed by atoms with Gasteiger partial charge < -0.3 is 16.2 Å². The third-order valence-corrected chi connectivity index (χ3v) is 3.83. The maximum Gasteiger partial charge on any atom is 0.326 e. The van der Waals surface area contributed by atoms with Gasteiger partial charge >= 0.3 is 5.97 Å². The minimum atomic E-state index is -1.18. The second kappa shape index (κ2) is 6.33.